The van der Waals surface area contributed by atoms with Gasteiger partial charge >= 0.3 is 0 Å². The first-order valence-electron chi connectivity index (χ1n) is 27.4. The van der Waals surface area contributed by atoms with Crippen LogP contribution in [0.5, 0.6) is 0 Å². The van der Waals surface area contributed by atoms with Gasteiger partial charge in [0.25, 0.3) is 13.4 Å². The fraction of sp³-hybridized carbons (Fsp3) is 0.229. The van der Waals surface area contributed by atoms with Crippen LogP contribution in [0.3, 0.4) is 0 Å². The van der Waals surface area contributed by atoms with Gasteiger partial charge in [-0.3, -0.25) is 0 Å². The van der Waals surface area contributed by atoms with Crippen molar-refractivity contribution in [3.8, 4) is 33.6 Å². The van der Waals surface area contributed by atoms with Gasteiger partial charge in [-0.25, -0.2) is 0 Å². The number of nitrogens with zero attached hydrogens (tertiary/aromatic N) is 3. The minimum Gasteiger partial charge on any atom is -0.312 e. The summed E-state index contributed by atoms with van der Waals surface area (Å²) in [4.78, 5) is 2.73. The Labute approximate surface area is 443 Å². The van der Waals surface area contributed by atoms with Gasteiger partial charge in [0.1, 0.15) is 0 Å². The van der Waals surface area contributed by atoms with Gasteiger partial charge in [0.15, 0.2) is 0 Å². The lowest BCUT2D eigenvalue weighted by molar-refractivity contribution is 0.590. The van der Waals surface area contributed by atoms with Crippen molar-refractivity contribution >= 4 is 107 Å². The zero-order valence-corrected chi connectivity index (χ0v) is 45.6. The predicted molar refractivity (Wildman–Crippen MR) is 325 cm³/mol. The van der Waals surface area contributed by atoms with E-state index in [9.17, 15) is 0 Å². The van der Waals surface area contributed by atoms with Crippen molar-refractivity contribution < 1.29 is 0 Å². The molecule has 0 saturated heterocycles. The standard InChI is InChI=1S/C70H63B2N3/c1-67(2,3)40-27-31-54-48(35-40)49-36-41(68(4,5)6)28-32-55(49)73(54)60-39-61(74-56-33-29-42(69(7,8)9)37-50(56)51-38-43(70(10,11)12)30-34-57(51)74)65-66-64(60)71-52-23-15-13-19-44(52)46-21-17-25-58(62(46)71)75(66)59-26-18-22-47-45-20-14-16-24-53(45)72(65)63(47)59/h13-39H,1-12H3. The number of rotatable bonds is 2. The SMILES string of the molecule is CC(C)(C)c1ccc2c(c1)c1cc(C(C)(C)C)ccc1n2-c1cc(-n2c3ccc(C(C)(C)C)cc3c3cc(C(C)(C)C)ccc32)c2c3c1B1c4ccccc4-c4cccc(c41)N3c1cccc3c1B2c1ccccc1-3. The van der Waals surface area contributed by atoms with Gasteiger partial charge in [0.2, 0.25) is 0 Å². The number of hydrogen-bond donors (Lipinski definition) is 0. The molecule has 75 heavy (non-hydrogen) atoms. The maximum atomic E-state index is 2.73. The summed E-state index contributed by atoms with van der Waals surface area (Å²) in [5.41, 5.74) is 30.3. The van der Waals surface area contributed by atoms with Crippen molar-refractivity contribution in [2.24, 2.45) is 0 Å². The Bertz CT molecular complexity index is 3940. The second-order valence-electron chi connectivity index (χ2n) is 26.5. The van der Waals surface area contributed by atoms with Crippen molar-refractivity contribution in [2.75, 3.05) is 4.90 Å². The number of anilines is 3. The minimum absolute atomic E-state index is 0.000126. The van der Waals surface area contributed by atoms with Crippen LogP contribution in [-0.2, 0) is 21.7 Å². The first kappa shape index (κ1) is 44.9. The largest absolute Gasteiger partial charge is 0.312 e. The maximum Gasteiger partial charge on any atom is 0.250 e. The maximum absolute atomic E-state index is 2.73. The van der Waals surface area contributed by atoms with Gasteiger partial charge in [-0.05, 0) is 155 Å². The lowest BCUT2D eigenvalue weighted by Crippen LogP contribution is -2.64. The predicted octanol–water partition coefficient (Wildman–Crippen LogP) is 14.2. The first-order valence-corrected chi connectivity index (χ1v) is 27.4. The van der Waals surface area contributed by atoms with Crippen molar-refractivity contribution in [3.63, 3.8) is 0 Å². The molecule has 11 aromatic rings. The Morgan fingerprint density at radius 3 is 0.947 bits per heavy atom. The molecule has 4 aliphatic rings. The molecule has 0 N–H and O–H groups in total. The highest BCUT2D eigenvalue weighted by molar-refractivity contribution is 7.06. The van der Waals surface area contributed by atoms with Gasteiger partial charge in [-0.15, -0.1) is 0 Å². The van der Waals surface area contributed by atoms with Crippen molar-refractivity contribution in [1.29, 1.82) is 0 Å². The molecular weight excluding hydrogens is 904 g/mol. The third kappa shape index (κ3) is 6.02. The summed E-state index contributed by atoms with van der Waals surface area (Å²) >= 11 is 0. The Morgan fingerprint density at radius 2 is 0.613 bits per heavy atom. The van der Waals surface area contributed by atoms with E-state index in [1.165, 1.54) is 149 Å². The van der Waals surface area contributed by atoms with Gasteiger partial charge in [-0.1, -0.05) is 191 Å². The van der Waals surface area contributed by atoms with E-state index < -0.39 is 0 Å². The molecule has 2 aromatic heterocycles. The molecule has 4 aliphatic heterocycles. The lowest BCUT2D eigenvalue weighted by Gasteiger charge is -2.44. The molecule has 6 heterocycles. The highest BCUT2D eigenvalue weighted by atomic mass is 15.2. The third-order valence-electron chi connectivity index (χ3n) is 18.0. The lowest BCUT2D eigenvalue weighted by atomic mass is 9.32. The van der Waals surface area contributed by atoms with Crippen molar-refractivity contribution in [1.82, 2.24) is 9.13 Å². The zero-order valence-electron chi connectivity index (χ0n) is 45.6. The molecular formula is C70H63B2N3. The summed E-state index contributed by atoms with van der Waals surface area (Å²) in [6, 6.07) is 64.9. The average molecular weight is 968 g/mol. The smallest absolute Gasteiger partial charge is 0.250 e. The molecule has 15 rings (SSSR count). The summed E-state index contributed by atoms with van der Waals surface area (Å²) in [6.07, 6.45) is 0. The highest BCUT2D eigenvalue weighted by Crippen LogP contribution is 2.48. The van der Waals surface area contributed by atoms with Crippen LogP contribution in [0, 0.1) is 0 Å². The molecule has 364 valence electrons. The van der Waals surface area contributed by atoms with E-state index in [2.05, 4.69) is 261 Å². The average Bonchev–Trinajstić information content (AvgIpc) is 4.12. The number of fused-ring (bicyclic) bond motifs is 16. The monoisotopic (exact) mass is 968 g/mol. The molecule has 0 atom stereocenters. The fourth-order valence-electron chi connectivity index (χ4n) is 14.1. The van der Waals surface area contributed by atoms with Crippen LogP contribution in [0.4, 0.5) is 17.1 Å². The van der Waals surface area contributed by atoms with Gasteiger partial charge in [-0.2, -0.15) is 0 Å². The van der Waals surface area contributed by atoms with Crippen molar-refractivity contribution in [3.05, 3.63) is 186 Å². The van der Waals surface area contributed by atoms with E-state index in [4.69, 9.17) is 0 Å². The van der Waals surface area contributed by atoms with Crippen LogP contribution in [0.25, 0.3) is 77.2 Å². The van der Waals surface area contributed by atoms with Crippen LogP contribution in [0.2, 0.25) is 0 Å². The van der Waals surface area contributed by atoms with Gasteiger partial charge < -0.3 is 14.0 Å². The van der Waals surface area contributed by atoms with E-state index in [1.807, 2.05) is 0 Å². The summed E-state index contributed by atoms with van der Waals surface area (Å²) in [5, 5.41) is 5.21. The molecule has 0 radical (unpaired) electrons. The normalized spacial score (nSPS) is 14.3. The minimum atomic E-state index is -0.0243. The Morgan fingerprint density at radius 1 is 0.293 bits per heavy atom. The summed E-state index contributed by atoms with van der Waals surface area (Å²) in [7, 11) is 0. The summed E-state index contributed by atoms with van der Waals surface area (Å²) in [5.74, 6) is 0. The highest BCUT2D eigenvalue weighted by Gasteiger charge is 2.52. The fourth-order valence-corrected chi connectivity index (χ4v) is 14.1. The molecule has 0 bridgehead atoms. The van der Waals surface area contributed by atoms with Crippen LogP contribution < -0.4 is 37.7 Å². The van der Waals surface area contributed by atoms with Crippen LogP contribution in [-0.4, -0.2) is 22.6 Å². The van der Waals surface area contributed by atoms with E-state index in [0.29, 0.717) is 0 Å². The van der Waals surface area contributed by atoms with Crippen LogP contribution in [0.15, 0.2) is 164 Å². The zero-order chi connectivity index (χ0) is 51.6. The molecule has 0 unspecified atom stereocenters. The molecule has 0 aliphatic carbocycles. The van der Waals surface area contributed by atoms with Gasteiger partial charge in [0, 0.05) is 50.0 Å². The summed E-state index contributed by atoms with van der Waals surface area (Å²) in [6.45, 7) is 28.2. The number of benzene rings is 9. The van der Waals surface area contributed by atoms with Gasteiger partial charge in [0.05, 0.1) is 22.1 Å². The van der Waals surface area contributed by atoms with Crippen molar-refractivity contribution in [2.45, 2.75) is 105 Å². The van der Waals surface area contributed by atoms with E-state index in [1.54, 1.807) is 0 Å². The van der Waals surface area contributed by atoms with E-state index in [0.717, 1.165) is 0 Å². The molecule has 9 aromatic carbocycles. The second kappa shape index (κ2) is 14.7. The molecule has 0 saturated carbocycles. The molecule has 5 heteroatoms. The topological polar surface area (TPSA) is 13.1 Å². The Balaban J connectivity index is 1.19. The molecule has 0 amide bonds. The Kier molecular flexibility index (Phi) is 8.79. The van der Waals surface area contributed by atoms with Crippen LogP contribution in [0.1, 0.15) is 105 Å². The van der Waals surface area contributed by atoms with E-state index >= 15 is 0 Å². The number of hydrogen-bond acceptors (Lipinski definition) is 1. The quantitative estimate of drug-likeness (QED) is 0.157. The molecule has 0 spiro atoms. The second-order valence-corrected chi connectivity index (χ2v) is 26.5. The van der Waals surface area contributed by atoms with E-state index in [-0.39, 0.29) is 35.1 Å². The number of aromatic nitrogens is 2. The molecule has 3 nitrogen and oxygen atoms in total. The summed E-state index contributed by atoms with van der Waals surface area (Å²) < 4.78 is 5.38. The van der Waals surface area contributed by atoms with Crippen LogP contribution >= 0.6 is 0 Å². The Hall–Kier alpha value is -7.49. The first-order chi connectivity index (χ1) is 35.8. The third-order valence-corrected chi connectivity index (χ3v) is 18.0. The molecule has 0 fully saturated rings.